The van der Waals surface area contributed by atoms with Crippen LogP contribution < -0.4 is 5.32 Å². The number of rotatable bonds is 5. The topological polar surface area (TPSA) is 146 Å². The zero-order chi connectivity index (χ0) is 21.1. The third-order valence-electron chi connectivity index (χ3n) is 6.96. The molecule has 0 saturated heterocycles. The number of carbonyl (C=O) groups excluding carboxylic acids is 1. The molecule has 2 aromatic rings. The van der Waals surface area contributed by atoms with Crippen LogP contribution in [0.2, 0.25) is 0 Å². The van der Waals surface area contributed by atoms with Gasteiger partial charge in [-0.15, -0.1) is 0 Å². The fraction of sp³-hybridized carbons (Fsp3) is 0.526. The second-order valence-electron chi connectivity index (χ2n) is 8.97. The second kappa shape index (κ2) is 6.31. The van der Waals surface area contributed by atoms with Gasteiger partial charge in [0.1, 0.15) is 0 Å². The van der Waals surface area contributed by atoms with Crippen molar-refractivity contribution in [2.24, 2.45) is 17.3 Å². The minimum atomic E-state index is -0.616. The molecule has 0 spiro atoms. The number of carbonyl (C=O) groups is 1. The van der Waals surface area contributed by atoms with Crippen LogP contribution in [0.25, 0.3) is 0 Å². The van der Waals surface area contributed by atoms with Gasteiger partial charge >= 0.3 is 5.95 Å². The van der Waals surface area contributed by atoms with E-state index in [2.05, 4.69) is 15.4 Å². The molecule has 0 radical (unpaired) electrons. The van der Waals surface area contributed by atoms with Gasteiger partial charge in [-0.05, 0) is 61.4 Å². The minimum absolute atomic E-state index is 0.0790. The van der Waals surface area contributed by atoms with Gasteiger partial charge in [-0.3, -0.25) is 14.9 Å². The fourth-order valence-electron chi connectivity index (χ4n) is 6.28. The van der Waals surface area contributed by atoms with Gasteiger partial charge in [0.05, 0.1) is 15.9 Å². The van der Waals surface area contributed by atoms with Crippen molar-refractivity contribution >= 4 is 23.2 Å². The predicted molar refractivity (Wildman–Crippen MR) is 103 cm³/mol. The van der Waals surface area contributed by atoms with E-state index in [0.717, 1.165) is 32.1 Å². The maximum absolute atomic E-state index is 13.4. The van der Waals surface area contributed by atoms with Crippen molar-refractivity contribution < 1.29 is 14.6 Å². The lowest BCUT2D eigenvalue weighted by molar-refractivity contribution is -0.394. The Labute approximate surface area is 170 Å². The number of hydrogen-bond donors (Lipinski definition) is 1. The SMILES string of the molecule is O=C(Nc1cccc([N+](=O)[O-])c1)C12C[C@H]3C[C@@H](C1)CC(n1cnc([N+](=O)[O-])n1)(C3)C2. The number of nitrogens with zero attached hydrogens (tertiary/aromatic N) is 5. The summed E-state index contributed by atoms with van der Waals surface area (Å²) >= 11 is 0. The number of amides is 1. The Morgan fingerprint density at radius 2 is 1.87 bits per heavy atom. The highest BCUT2D eigenvalue weighted by Gasteiger charge is 2.62. The van der Waals surface area contributed by atoms with Crippen LogP contribution in [0.4, 0.5) is 17.3 Å². The number of anilines is 1. The Bertz CT molecular complexity index is 1050. The Balaban J connectivity index is 1.45. The van der Waals surface area contributed by atoms with Crippen LogP contribution in [-0.4, -0.2) is 30.5 Å². The van der Waals surface area contributed by atoms with Gasteiger partial charge in [-0.2, -0.15) is 4.68 Å². The highest BCUT2D eigenvalue weighted by Crippen LogP contribution is 2.64. The lowest BCUT2D eigenvalue weighted by Crippen LogP contribution is -2.60. The van der Waals surface area contributed by atoms with Crippen molar-refractivity contribution in [3.63, 3.8) is 0 Å². The normalized spacial score (nSPS) is 31.5. The molecule has 4 aliphatic carbocycles. The number of aromatic nitrogens is 3. The molecule has 4 aliphatic rings. The minimum Gasteiger partial charge on any atom is -0.390 e. The van der Waals surface area contributed by atoms with Gasteiger partial charge in [0.15, 0.2) is 0 Å². The van der Waals surface area contributed by atoms with Crippen LogP contribution in [-0.2, 0) is 10.3 Å². The summed E-state index contributed by atoms with van der Waals surface area (Å²) in [6.45, 7) is 0. The first kappa shape index (κ1) is 18.6. The van der Waals surface area contributed by atoms with Crippen molar-refractivity contribution in [1.82, 2.24) is 14.8 Å². The van der Waals surface area contributed by atoms with E-state index in [9.17, 15) is 25.0 Å². The summed E-state index contributed by atoms with van der Waals surface area (Å²) in [6, 6.07) is 5.92. The molecule has 0 aliphatic heterocycles. The summed E-state index contributed by atoms with van der Waals surface area (Å²) < 4.78 is 1.61. The number of benzene rings is 1. The van der Waals surface area contributed by atoms with E-state index in [0.29, 0.717) is 23.9 Å². The van der Waals surface area contributed by atoms with Crippen molar-refractivity contribution in [2.75, 3.05) is 5.32 Å². The molecule has 4 saturated carbocycles. The molecule has 4 bridgehead atoms. The van der Waals surface area contributed by atoms with Crippen molar-refractivity contribution in [3.05, 3.63) is 50.8 Å². The molecule has 1 N–H and O–H groups in total. The maximum Gasteiger partial charge on any atom is 0.490 e. The molecule has 1 aromatic carbocycles. The summed E-state index contributed by atoms with van der Waals surface area (Å²) in [4.78, 5) is 38.2. The van der Waals surface area contributed by atoms with E-state index in [1.807, 2.05) is 0 Å². The van der Waals surface area contributed by atoms with Crippen LogP contribution in [0.5, 0.6) is 0 Å². The fourth-order valence-corrected chi connectivity index (χ4v) is 6.28. The number of hydrogen-bond acceptors (Lipinski definition) is 7. The predicted octanol–water partition coefficient (Wildman–Crippen LogP) is 3.03. The summed E-state index contributed by atoms with van der Waals surface area (Å²) in [5.74, 6) is 0.104. The van der Waals surface area contributed by atoms with Crippen molar-refractivity contribution in [1.29, 1.82) is 0 Å². The van der Waals surface area contributed by atoms with E-state index in [-0.39, 0.29) is 11.6 Å². The molecule has 11 heteroatoms. The molecule has 30 heavy (non-hydrogen) atoms. The van der Waals surface area contributed by atoms with Gasteiger partial charge in [0, 0.05) is 22.9 Å². The van der Waals surface area contributed by atoms with E-state index >= 15 is 0 Å². The summed E-state index contributed by atoms with van der Waals surface area (Å²) in [5, 5.41) is 29.1. The van der Waals surface area contributed by atoms with E-state index in [1.165, 1.54) is 18.5 Å². The van der Waals surface area contributed by atoms with Gasteiger partial charge < -0.3 is 15.4 Å². The third kappa shape index (κ3) is 2.84. The maximum atomic E-state index is 13.4. The largest absolute Gasteiger partial charge is 0.490 e. The second-order valence-corrected chi connectivity index (χ2v) is 8.97. The Kier molecular flexibility index (Phi) is 3.92. The highest BCUT2D eigenvalue weighted by atomic mass is 16.6. The first-order valence-electron chi connectivity index (χ1n) is 9.91. The Morgan fingerprint density at radius 1 is 1.13 bits per heavy atom. The molecular weight excluding hydrogens is 392 g/mol. The van der Waals surface area contributed by atoms with Crippen LogP contribution in [0.15, 0.2) is 30.6 Å². The number of nitro groups is 2. The Hall–Kier alpha value is -3.37. The summed E-state index contributed by atoms with van der Waals surface area (Å²) in [7, 11) is 0. The molecule has 6 rings (SSSR count). The first-order chi connectivity index (χ1) is 14.3. The first-order valence-corrected chi connectivity index (χ1v) is 9.91. The van der Waals surface area contributed by atoms with Gasteiger partial charge in [0.2, 0.25) is 12.2 Å². The lowest BCUT2D eigenvalue weighted by atomic mass is 9.46. The zero-order valence-corrected chi connectivity index (χ0v) is 16.1. The zero-order valence-electron chi connectivity index (χ0n) is 16.1. The van der Waals surface area contributed by atoms with E-state index < -0.39 is 26.7 Å². The smallest absolute Gasteiger partial charge is 0.390 e. The molecule has 1 aromatic heterocycles. The number of non-ortho nitro benzene ring substituents is 1. The number of nitrogens with one attached hydrogen (secondary N) is 1. The molecular formula is C19H20N6O5. The third-order valence-corrected chi connectivity index (χ3v) is 6.96. The standard InChI is InChI=1S/C19H20N6O5/c26-16(21-14-2-1-3-15(5-14)24(27)28)18-6-12-4-13(7-18)9-19(8-12,10-18)23-11-20-17(22-23)25(29)30/h1-3,5,11-13H,4,6-10H2,(H,21,26)/t12-,13+,18?,19?. The molecule has 11 nitrogen and oxygen atoms in total. The van der Waals surface area contributed by atoms with Crippen LogP contribution >= 0.6 is 0 Å². The van der Waals surface area contributed by atoms with E-state index in [1.54, 1.807) is 16.8 Å². The average molecular weight is 412 g/mol. The van der Waals surface area contributed by atoms with Gasteiger partial charge in [0.25, 0.3) is 5.69 Å². The monoisotopic (exact) mass is 412 g/mol. The molecule has 156 valence electrons. The molecule has 1 amide bonds. The molecule has 4 atom stereocenters. The average Bonchev–Trinajstić information content (AvgIpc) is 3.19. The lowest BCUT2D eigenvalue weighted by Gasteiger charge is -2.60. The van der Waals surface area contributed by atoms with Crippen molar-refractivity contribution in [2.45, 2.75) is 44.1 Å². The van der Waals surface area contributed by atoms with Crippen molar-refractivity contribution in [3.8, 4) is 0 Å². The van der Waals surface area contributed by atoms with Gasteiger partial charge in [-0.1, -0.05) is 11.1 Å². The van der Waals surface area contributed by atoms with Crippen LogP contribution in [0.3, 0.4) is 0 Å². The molecule has 2 unspecified atom stereocenters. The summed E-state index contributed by atoms with van der Waals surface area (Å²) in [5.41, 5.74) is -0.749. The molecule has 1 heterocycles. The van der Waals surface area contributed by atoms with E-state index in [4.69, 9.17) is 0 Å². The summed E-state index contributed by atoms with van der Waals surface area (Å²) in [6.07, 6.45) is 6.16. The van der Waals surface area contributed by atoms with Crippen LogP contribution in [0.1, 0.15) is 38.5 Å². The Morgan fingerprint density at radius 3 is 2.50 bits per heavy atom. The molecule has 4 fully saturated rings. The highest BCUT2D eigenvalue weighted by molar-refractivity contribution is 5.96. The quantitative estimate of drug-likeness (QED) is 0.586. The number of nitro benzene ring substituents is 1. The van der Waals surface area contributed by atoms with Gasteiger partial charge in [-0.25, -0.2) is 0 Å². The van der Waals surface area contributed by atoms with Crippen LogP contribution in [0, 0.1) is 37.5 Å².